The second-order valence-electron chi connectivity index (χ2n) is 3.97. The van der Waals surface area contributed by atoms with Gasteiger partial charge < -0.3 is 0 Å². The summed E-state index contributed by atoms with van der Waals surface area (Å²) in [6.45, 7) is 4.00. The first-order valence-electron chi connectivity index (χ1n) is 5.22. The fourth-order valence-electron chi connectivity index (χ4n) is 1.78. The van der Waals surface area contributed by atoms with Crippen molar-refractivity contribution in [3.63, 3.8) is 0 Å². The lowest BCUT2D eigenvalue weighted by Crippen LogP contribution is -1.91. The Morgan fingerprint density at radius 3 is 2.47 bits per heavy atom. The van der Waals surface area contributed by atoms with Crippen molar-refractivity contribution in [2.45, 2.75) is 13.8 Å². The summed E-state index contributed by atoms with van der Waals surface area (Å²) in [5.74, 6) is -0.380. The van der Waals surface area contributed by atoms with Gasteiger partial charge in [0, 0.05) is 10.0 Å². The highest BCUT2D eigenvalue weighted by Crippen LogP contribution is 2.34. The Bertz CT molecular complexity index is 579. The summed E-state index contributed by atoms with van der Waals surface area (Å²) in [5, 5.41) is 0.128. The Kier molecular flexibility index (Phi) is 3.55. The van der Waals surface area contributed by atoms with Crippen LogP contribution in [-0.2, 0) is 0 Å². The van der Waals surface area contributed by atoms with Crippen molar-refractivity contribution in [1.82, 2.24) is 0 Å². The number of halogens is 3. The highest BCUT2D eigenvalue weighted by atomic mass is 79.9. The number of benzene rings is 2. The third-order valence-electron chi connectivity index (χ3n) is 2.93. The first kappa shape index (κ1) is 12.6. The van der Waals surface area contributed by atoms with E-state index in [9.17, 15) is 4.39 Å². The van der Waals surface area contributed by atoms with E-state index in [2.05, 4.69) is 15.9 Å². The Balaban J connectivity index is 2.69. The molecule has 0 saturated carbocycles. The SMILES string of the molecule is Cc1cccc(-c2ccc(Br)c(Cl)c2F)c1C. The van der Waals surface area contributed by atoms with E-state index >= 15 is 0 Å². The minimum Gasteiger partial charge on any atom is -0.205 e. The van der Waals surface area contributed by atoms with Crippen molar-refractivity contribution >= 4 is 27.5 Å². The van der Waals surface area contributed by atoms with Crippen LogP contribution in [0.25, 0.3) is 11.1 Å². The van der Waals surface area contributed by atoms with Crippen LogP contribution in [0.2, 0.25) is 5.02 Å². The monoisotopic (exact) mass is 312 g/mol. The maximum absolute atomic E-state index is 14.1. The number of hydrogen-bond acceptors (Lipinski definition) is 0. The van der Waals surface area contributed by atoms with Crippen LogP contribution >= 0.6 is 27.5 Å². The molecule has 0 heterocycles. The van der Waals surface area contributed by atoms with Crippen LogP contribution < -0.4 is 0 Å². The lowest BCUT2D eigenvalue weighted by Gasteiger charge is -2.11. The van der Waals surface area contributed by atoms with Gasteiger partial charge in [0.1, 0.15) is 0 Å². The molecule has 17 heavy (non-hydrogen) atoms. The maximum atomic E-state index is 14.1. The van der Waals surface area contributed by atoms with Gasteiger partial charge in [-0.3, -0.25) is 0 Å². The lowest BCUT2D eigenvalue weighted by atomic mass is 9.97. The number of rotatable bonds is 1. The van der Waals surface area contributed by atoms with Crippen LogP contribution in [0.5, 0.6) is 0 Å². The molecule has 0 N–H and O–H groups in total. The molecular weight excluding hydrogens is 303 g/mol. The molecule has 0 fully saturated rings. The van der Waals surface area contributed by atoms with Gasteiger partial charge >= 0.3 is 0 Å². The standard InChI is InChI=1S/C14H11BrClF/c1-8-4-3-5-10(9(8)2)11-6-7-12(15)13(16)14(11)17/h3-7H,1-2H3. The molecule has 0 nitrogen and oxygen atoms in total. The van der Waals surface area contributed by atoms with Crippen LogP contribution in [-0.4, -0.2) is 0 Å². The molecule has 0 bridgehead atoms. The van der Waals surface area contributed by atoms with E-state index in [1.165, 1.54) is 0 Å². The lowest BCUT2D eigenvalue weighted by molar-refractivity contribution is 0.631. The topological polar surface area (TPSA) is 0 Å². The zero-order valence-electron chi connectivity index (χ0n) is 9.52. The molecule has 0 aliphatic heterocycles. The van der Waals surface area contributed by atoms with E-state index in [1.54, 1.807) is 12.1 Å². The van der Waals surface area contributed by atoms with E-state index in [-0.39, 0.29) is 10.8 Å². The van der Waals surface area contributed by atoms with Crippen molar-refractivity contribution < 1.29 is 4.39 Å². The second-order valence-corrected chi connectivity index (χ2v) is 5.20. The van der Waals surface area contributed by atoms with Crippen LogP contribution in [0.1, 0.15) is 11.1 Å². The molecule has 0 unspecified atom stereocenters. The third kappa shape index (κ3) is 2.24. The van der Waals surface area contributed by atoms with Gasteiger partial charge in [0.15, 0.2) is 5.82 Å². The van der Waals surface area contributed by atoms with Crippen molar-refractivity contribution in [3.8, 4) is 11.1 Å². The summed E-state index contributed by atoms with van der Waals surface area (Å²) in [6.07, 6.45) is 0. The van der Waals surface area contributed by atoms with E-state index < -0.39 is 0 Å². The van der Waals surface area contributed by atoms with Gasteiger partial charge in [-0.1, -0.05) is 35.9 Å². The van der Waals surface area contributed by atoms with Gasteiger partial charge in [0.05, 0.1) is 5.02 Å². The summed E-state index contributed by atoms with van der Waals surface area (Å²) < 4.78 is 14.7. The van der Waals surface area contributed by atoms with Gasteiger partial charge in [0.2, 0.25) is 0 Å². The molecule has 2 aromatic rings. The molecule has 2 rings (SSSR count). The largest absolute Gasteiger partial charge is 0.205 e. The van der Waals surface area contributed by atoms with Gasteiger partial charge in [-0.15, -0.1) is 0 Å². The predicted octanol–water partition coefficient (Wildman–Crippen LogP) is 5.53. The van der Waals surface area contributed by atoms with E-state index in [4.69, 9.17) is 11.6 Å². The highest BCUT2D eigenvalue weighted by molar-refractivity contribution is 9.10. The fraction of sp³-hybridized carbons (Fsp3) is 0.143. The molecular formula is C14H11BrClF. The van der Waals surface area contributed by atoms with Gasteiger partial charge in [0.25, 0.3) is 0 Å². The van der Waals surface area contributed by atoms with Gasteiger partial charge in [-0.2, -0.15) is 0 Å². The average molecular weight is 314 g/mol. The molecule has 0 radical (unpaired) electrons. The molecule has 88 valence electrons. The van der Waals surface area contributed by atoms with Crippen molar-refractivity contribution in [2.75, 3.05) is 0 Å². The normalized spacial score (nSPS) is 10.6. The Labute approximate surface area is 114 Å². The molecule has 0 aromatic heterocycles. The Morgan fingerprint density at radius 1 is 1.06 bits per heavy atom. The molecule has 0 saturated heterocycles. The molecule has 0 aliphatic carbocycles. The number of hydrogen-bond donors (Lipinski definition) is 0. The molecule has 0 atom stereocenters. The molecule has 0 spiro atoms. The zero-order chi connectivity index (χ0) is 12.6. The van der Waals surface area contributed by atoms with E-state index in [1.807, 2.05) is 32.0 Å². The minimum atomic E-state index is -0.380. The van der Waals surface area contributed by atoms with Gasteiger partial charge in [-0.25, -0.2) is 4.39 Å². The molecule has 0 aliphatic rings. The predicted molar refractivity (Wildman–Crippen MR) is 74.0 cm³/mol. The first-order valence-corrected chi connectivity index (χ1v) is 6.39. The fourth-order valence-corrected chi connectivity index (χ4v) is 2.25. The Morgan fingerprint density at radius 2 is 1.76 bits per heavy atom. The van der Waals surface area contributed by atoms with Gasteiger partial charge in [-0.05, 0) is 52.5 Å². The quantitative estimate of drug-likeness (QED) is 0.608. The van der Waals surface area contributed by atoms with Crippen LogP contribution in [0, 0.1) is 19.7 Å². The maximum Gasteiger partial charge on any atom is 0.150 e. The van der Waals surface area contributed by atoms with Crippen LogP contribution in [0.4, 0.5) is 4.39 Å². The highest BCUT2D eigenvalue weighted by Gasteiger charge is 2.13. The van der Waals surface area contributed by atoms with Crippen LogP contribution in [0.15, 0.2) is 34.8 Å². The first-order chi connectivity index (χ1) is 8.02. The summed E-state index contributed by atoms with van der Waals surface area (Å²) in [6, 6.07) is 9.35. The van der Waals surface area contributed by atoms with Crippen molar-refractivity contribution in [1.29, 1.82) is 0 Å². The Hall–Kier alpha value is -0.860. The van der Waals surface area contributed by atoms with Crippen LogP contribution in [0.3, 0.4) is 0 Å². The van der Waals surface area contributed by atoms with E-state index in [0.717, 1.165) is 16.7 Å². The second kappa shape index (κ2) is 4.79. The summed E-state index contributed by atoms with van der Waals surface area (Å²) in [4.78, 5) is 0. The molecule has 0 amide bonds. The third-order valence-corrected chi connectivity index (χ3v) is 4.19. The van der Waals surface area contributed by atoms with Crippen molar-refractivity contribution in [3.05, 3.63) is 56.8 Å². The smallest absolute Gasteiger partial charge is 0.150 e. The average Bonchev–Trinajstić information content (AvgIpc) is 2.31. The summed E-state index contributed by atoms with van der Waals surface area (Å²) in [7, 11) is 0. The van der Waals surface area contributed by atoms with E-state index in [0.29, 0.717) is 10.0 Å². The summed E-state index contributed by atoms with van der Waals surface area (Å²) >= 11 is 9.12. The molecule has 2 aromatic carbocycles. The zero-order valence-corrected chi connectivity index (χ0v) is 11.9. The van der Waals surface area contributed by atoms with Crippen molar-refractivity contribution in [2.24, 2.45) is 0 Å². The summed E-state index contributed by atoms with van der Waals surface area (Å²) in [5.41, 5.74) is 3.64. The molecule has 3 heteroatoms. The minimum absolute atomic E-state index is 0.128. The number of aryl methyl sites for hydroxylation is 1.